The van der Waals surface area contributed by atoms with E-state index in [0.29, 0.717) is 13.2 Å². The van der Waals surface area contributed by atoms with Gasteiger partial charge in [-0.3, -0.25) is 0 Å². The van der Waals surface area contributed by atoms with Crippen molar-refractivity contribution < 1.29 is 4.74 Å². The lowest BCUT2D eigenvalue weighted by molar-refractivity contribution is 0.107. The molecule has 0 aromatic heterocycles. The lowest BCUT2D eigenvalue weighted by Crippen LogP contribution is -1.96. The highest BCUT2D eigenvalue weighted by Gasteiger charge is 1.99. The molecule has 0 atom stereocenters. The third-order valence-corrected chi connectivity index (χ3v) is 3.68. The van der Waals surface area contributed by atoms with Crippen molar-refractivity contribution in [1.29, 1.82) is 0 Å². The van der Waals surface area contributed by atoms with Gasteiger partial charge in [-0.2, -0.15) is 0 Å². The second kappa shape index (κ2) is 8.11. The first kappa shape index (κ1) is 15.3. The standard InChI is InChI=1S/C22H20O/c1-3-9-19(10-4-1)15-16-21-13-7-8-14-22(21)18-23-17-20-11-5-2-6-12-20/h1-16H,17-18H2/b16-15+. The van der Waals surface area contributed by atoms with Crippen molar-refractivity contribution >= 4 is 12.2 Å². The van der Waals surface area contributed by atoms with Crippen LogP contribution in [0.4, 0.5) is 0 Å². The Bertz CT molecular complexity index is 745. The van der Waals surface area contributed by atoms with E-state index in [9.17, 15) is 0 Å². The lowest BCUT2D eigenvalue weighted by atomic mass is 10.1. The fourth-order valence-electron chi connectivity index (χ4n) is 2.43. The van der Waals surface area contributed by atoms with Crippen LogP contribution in [-0.2, 0) is 18.0 Å². The Morgan fingerprint density at radius 3 is 2.04 bits per heavy atom. The Hall–Kier alpha value is -2.64. The van der Waals surface area contributed by atoms with Crippen molar-refractivity contribution in [2.45, 2.75) is 13.2 Å². The molecule has 3 rings (SSSR count). The van der Waals surface area contributed by atoms with Crippen molar-refractivity contribution in [2.75, 3.05) is 0 Å². The maximum atomic E-state index is 5.86. The molecular weight excluding hydrogens is 280 g/mol. The average Bonchev–Trinajstić information content (AvgIpc) is 2.63. The zero-order valence-electron chi connectivity index (χ0n) is 13.1. The van der Waals surface area contributed by atoms with Gasteiger partial charge in [0.05, 0.1) is 13.2 Å². The van der Waals surface area contributed by atoms with E-state index in [0.717, 1.165) is 0 Å². The monoisotopic (exact) mass is 300 g/mol. The zero-order chi connectivity index (χ0) is 15.7. The van der Waals surface area contributed by atoms with E-state index < -0.39 is 0 Å². The lowest BCUT2D eigenvalue weighted by Gasteiger charge is -2.08. The van der Waals surface area contributed by atoms with Gasteiger partial charge in [-0.1, -0.05) is 97.1 Å². The van der Waals surface area contributed by atoms with Gasteiger partial charge in [-0.15, -0.1) is 0 Å². The summed E-state index contributed by atoms with van der Waals surface area (Å²) in [6.45, 7) is 1.25. The predicted molar refractivity (Wildman–Crippen MR) is 96.7 cm³/mol. The van der Waals surface area contributed by atoms with Crippen LogP contribution in [0.2, 0.25) is 0 Å². The Labute approximate surface area is 137 Å². The van der Waals surface area contributed by atoms with Gasteiger partial charge < -0.3 is 4.74 Å². The van der Waals surface area contributed by atoms with Crippen LogP contribution in [0.15, 0.2) is 84.9 Å². The largest absolute Gasteiger partial charge is 0.372 e. The number of ether oxygens (including phenoxy) is 1. The molecule has 0 saturated carbocycles. The Morgan fingerprint density at radius 2 is 1.26 bits per heavy atom. The second-order valence-corrected chi connectivity index (χ2v) is 5.42. The first-order chi connectivity index (χ1) is 11.4. The van der Waals surface area contributed by atoms with E-state index in [1.165, 1.54) is 22.3 Å². The van der Waals surface area contributed by atoms with Crippen LogP contribution in [0.5, 0.6) is 0 Å². The highest BCUT2D eigenvalue weighted by atomic mass is 16.5. The Balaban J connectivity index is 1.65. The Kier molecular flexibility index (Phi) is 5.38. The third-order valence-electron chi connectivity index (χ3n) is 3.68. The molecule has 0 heterocycles. The summed E-state index contributed by atoms with van der Waals surface area (Å²) in [5, 5.41) is 0. The summed E-state index contributed by atoms with van der Waals surface area (Å²) in [6.07, 6.45) is 4.28. The summed E-state index contributed by atoms with van der Waals surface area (Å²) in [4.78, 5) is 0. The Morgan fingerprint density at radius 1 is 0.609 bits per heavy atom. The van der Waals surface area contributed by atoms with Crippen LogP contribution in [0.3, 0.4) is 0 Å². The van der Waals surface area contributed by atoms with Gasteiger partial charge in [0.25, 0.3) is 0 Å². The van der Waals surface area contributed by atoms with Crippen molar-refractivity contribution in [3.05, 3.63) is 107 Å². The summed E-state index contributed by atoms with van der Waals surface area (Å²) in [5.74, 6) is 0. The molecular formula is C22H20O. The van der Waals surface area contributed by atoms with Crippen LogP contribution in [-0.4, -0.2) is 0 Å². The van der Waals surface area contributed by atoms with Crippen LogP contribution >= 0.6 is 0 Å². The maximum absolute atomic E-state index is 5.86. The second-order valence-electron chi connectivity index (χ2n) is 5.42. The molecule has 0 aliphatic carbocycles. The van der Waals surface area contributed by atoms with Gasteiger partial charge in [-0.05, 0) is 22.3 Å². The molecule has 1 heteroatoms. The zero-order valence-corrected chi connectivity index (χ0v) is 13.1. The van der Waals surface area contributed by atoms with E-state index in [2.05, 4.69) is 72.8 Å². The highest BCUT2D eigenvalue weighted by Crippen LogP contribution is 2.15. The fourth-order valence-corrected chi connectivity index (χ4v) is 2.43. The minimum atomic E-state index is 0.615. The highest BCUT2D eigenvalue weighted by molar-refractivity contribution is 5.71. The molecule has 114 valence electrons. The van der Waals surface area contributed by atoms with Crippen molar-refractivity contribution in [2.24, 2.45) is 0 Å². The minimum absolute atomic E-state index is 0.615. The molecule has 0 aliphatic rings. The van der Waals surface area contributed by atoms with E-state index in [1.54, 1.807) is 0 Å². The molecule has 0 N–H and O–H groups in total. The average molecular weight is 300 g/mol. The van der Waals surface area contributed by atoms with Gasteiger partial charge in [0.1, 0.15) is 0 Å². The van der Waals surface area contributed by atoms with E-state index in [-0.39, 0.29) is 0 Å². The first-order valence-electron chi connectivity index (χ1n) is 7.84. The quantitative estimate of drug-likeness (QED) is 0.540. The third kappa shape index (κ3) is 4.67. The molecule has 0 fully saturated rings. The molecule has 1 nitrogen and oxygen atoms in total. The summed E-state index contributed by atoms with van der Waals surface area (Å²) in [5.41, 5.74) is 4.80. The number of benzene rings is 3. The van der Waals surface area contributed by atoms with Gasteiger partial charge in [-0.25, -0.2) is 0 Å². The summed E-state index contributed by atoms with van der Waals surface area (Å²) < 4.78 is 5.86. The maximum Gasteiger partial charge on any atom is 0.0727 e. The smallest absolute Gasteiger partial charge is 0.0727 e. The van der Waals surface area contributed by atoms with Crippen LogP contribution < -0.4 is 0 Å². The van der Waals surface area contributed by atoms with Gasteiger partial charge in [0.2, 0.25) is 0 Å². The molecule has 23 heavy (non-hydrogen) atoms. The molecule has 0 aliphatic heterocycles. The molecule has 0 amide bonds. The van der Waals surface area contributed by atoms with Crippen LogP contribution in [0.25, 0.3) is 12.2 Å². The first-order valence-corrected chi connectivity index (χ1v) is 7.84. The van der Waals surface area contributed by atoms with Gasteiger partial charge in [0, 0.05) is 0 Å². The summed E-state index contributed by atoms with van der Waals surface area (Å²) in [6, 6.07) is 29.0. The normalized spacial score (nSPS) is 11.0. The van der Waals surface area contributed by atoms with E-state index in [1.807, 2.05) is 24.3 Å². The van der Waals surface area contributed by atoms with Crippen molar-refractivity contribution in [1.82, 2.24) is 0 Å². The topological polar surface area (TPSA) is 9.23 Å². The number of rotatable bonds is 6. The predicted octanol–water partition coefficient (Wildman–Crippen LogP) is 5.57. The molecule has 0 saturated heterocycles. The molecule has 0 bridgehead atoms. The van der Waals surface area contributed by atoms with Crippen LogP contribution in [0, 0.1) is 0 Å². The summed E-state index contributed by atoms with van der Waals surface area (Å²) >= 11 is 0. The molecule has 0 unspecified atom stereocenters. The molecule has 3 aromatic carbocycles. The number of hydrogen-bond donors (Lipinski definition) is 0. The minimum Gasteiger partial charge on any atom is -0.372 e. The van der Waals surface area contributed by atoms with Gasteiger partial charge in [0.15, 0.2) is 0 Å². The van der Waals surface area contributed by atoms with Crippen LogP contribution in [0.1, 0.15) is 22.3 Å². The van der Waals surface area contributed by atoms with E-state index >= 15 is 0 Å². The SMILES string of the molecule is C(=C\c1ccccc1COCc1ccccc1)/c1ccccc1. The fraction of sp³-hybridized carbons (Fsp3) is 0.0909. The number of hydrogen-bond acceptors (Lipinski definition) is 1. The van der Waals surface area contributed by atoms with E-state index in [4.69, 9.17) is 4.74 Å². The van der Waals surface area contributed by atoms with Gasteiger partial charge >= 0.3 is 0 Å². The van der Waals surface area contributed by atoms with Crippen molar-refractivity contribution in [3.8, 4) is 0 Å². The molecule has 3 aromatic rings. The molecule has 0 spiro atoms. The molecule has 0 radical (unpaired) electrons. The summed E-state index contributed by atoms with van der Waals surface area (Å²) in [7, 11) is 0. The van der Waals surface area contributed by atoms with Crippen molar-refractivity contribution in [3.63, 3.8) is 0 Å².